The Morgan fingerprint density at radius 2 is 1.95 bits per heavy atom. The molecule has 2 heterocycles. The number of hydrogen-bond donors (Lipinski definition) is 0. The molecular weight excluding hydrogens is 274 g/mol. The highest BCUT2D eigenvalue weighted by Crippen LogP contribution is 2.19. The van der Waals surface area contributed by atoms with Crippen LogP contribution in [-0.4, -0.2) is 15.1 Å². The minimum Gasteiger partial charge on any atom is -0.334 e. The van der Waals surface area contributed by atoms with Crippen molar-refractivity contribution in [2.24, 2.45) is 0 Å². The lowest BCUT2D eigenvalue weighted by atomic mass is 10.2. The van der Waals surface area contributed by atoms with Crippen LogP contribution < -0.4 is 0 Å². The molecule has 0 amide bonds. The van der Waals surface area contributed by atoms with E-state index in [1.807, 2.05) is 42.5 Å². The van der Waals surface area contributed by atoms with Gasteiger partial charge in [-0.25, -0.2) is 0 Å². The lowest BCUT2D eigenvalue weighted by Crippen LogP contribution is -1.81. The minimum absolute atomic E-state index is 0.420. The van der Waals surface area contributed by atoms with Crippen molar-refractivity contribution < 1.29 is 4.52 Å². The molecular formula is C15H10ClN3O. The van der Waals surface area contributed by atoms with Gasteiger partial charge in [-0.2, -0.15) is 4.98 Å². The van der Waals surface area contributed by atoms with Gasteiger partial charge in [-0.05, 0) is 29.8 Å². The van der Waals surface area contributed by atoms with Crippen molar-refractivity contribution >= 4 is 23.8 Å². The van der Waals surface area contributed by atoms with Gasteiger partial charge in [-0.3, -0.25) is 4.98 Å². The summed E-state index contributed by atoms with van der Waals surface area (Å²) in [4.78, 5) is 8.30. The Kier molecular flexibility index (Phi) is 3.56. The summed E-state index contributed by atoms with van der Waals surface area (Å²) in [6, 6.07) is 11.2. The molecule has 20 heavy (non-hydrogen) atoms. The molecule has 0 aliphatic heterocycles. The molecule has 1 aromatic carbocycles. The summed E-state index contributed by atoms with van der Waals surface area (Å²) in [5.74, 6) is 0.931. The highest BCUT2D eigenvalue weighted by Gasteiger charge is 2.06. The molecule has 0 aliphatic rings. The lowest BCUT2D eigenvalue weighted by Gasteiger charge is -1.94. The van der Waals surface area contributed by atoms with Gasteiger partial charge in [0.15, 0.2) is 0 Å². The molecule has 3 aromatic rings. The van der Waals surface area contributed by atoms with E-state index in [2.05, 4.69) is 15.1 Å². The van der Waals surface area contributed by atoms with Crippen molar-refractivity contribution in [3.63, 3.8) is 0 Å². The average Bonchev–Trinajstić information content (AvgIpc) is 2.96. The largest absolute Gasteiger partial charge is 0.334 e. The Hall–Kier alpha value is -2.46. The summed E-state index contributed by atoms with van der Waals surface area (Å²) in [7, 11) is 0. The van der Waals surface area contributed by atoms with E-state index in [4.69, 9.17) is 16.1 Å². The predicted molar refractivity (Wildman–Crippen MR) is 77.9 cm³/mol. The molecule has 0 fully saturated rings. The van der Waals surface area contributed by atoms with E-state index in [9.17, 15) is 0 Å². The van der Waals surface area contributed by atoms with Gasteiger partial charge in [0.05, 0.1) is 0 Å². The van der Waals surface area contributed by atoms with Crippen LogP contribution in [0.5, 0.6) is 0 Å². The summed E-state index contributed by atoms with van der Waals surface area (Å²) in [5.41, 5.74) is 1.71. The van der Waals surface area contributed by atoms with E-state index in [1.54, 1.807) is 18.5 Å². The van der Waals surface area contributed by atoms with Crippen molar-refractivity contribution in [2.45, 2.75) is 0 Å². The molecule has 0 N–H and O–H groups in total. The van der Waals surface area contributed by atoms with E-state index in [0.717, 1.165) is 11.1 Å². The maximum absolute atomic E-state index is 6.07. The van der Waals surface area contributed by atoms with Crippen LogP contribution in [0, 0.1) is 0 Å². The van der Waals surface area contributed by atoms with Crippen LogP contribution in [0.2, 0.25) is 5.02 Å². The van der Waals surface area contributed by atoms with Crippen molar-refractivity contribution in [1.82, 2.24) is 15.1 Å². The number of pyridine rings is 1. The SMILES string of the molecule is Clc1ccccc1/C=C/c1nc(-c2cccnc2)no1. The van der Waals surface area contributed by atoms with E-state index < -0.39 is 0 Å². The molecule has 0 unspecified atom stereocenters. The highest BCUT2D eigenvalue weighted by atomic mass is 35.5. The first-order chi connectivity index (χ1) is 9.83. The zero-order valence-corrected chi connectivity index (χ0v) is 11.2. The number of hydrogen-bond acceptors (Lipinski definition) is 4. The Labute approximate surface area is 120 Å². The molecule has 0 aliphatic carbocycles. The maximum atomic E-state index is 6.07. The number of benzene rings is 1. The van der Waals surface area contributed by atoms with Crippen LogP contribution in [0.25, 0.3) is 23.5 Å². The molecule has 0 saturated heterocycles. The van der Waals surface area contributed by atoms with Crippen LogP contribution in [-0.2, 0) is 0 Å². The monoisotopic (exact) mass is 283 g/mol. The van der Waals surface area contributed by atoms with Crippen LogP contribution >= 0.6 is 11.6 Å². The molecule has 0 saturated carbocycles. The van der Waals surface area contributed by atoms with E-state index >= 15 is 0 Å². The zero-order chi connectivity index (χ0) is 13.8. The zero-order valence-electron chi connectivity index (χ0n) is 10.4. The molecule has 2 aromatic heterocycles. The summed E-state index contributed by atoms with van der Waals surface area (Å²) >= 11 is 6.07. The Bertz CT molecular complexity index is 738. The molecule has 0 bridgehead atoms. The lowest BCUT2D eigenvalue weighted by molar-refractivity contribution is 0.411. The second-order valence-electron chi connectivity index (χ2n) is 4.05. The molecule has 0 atom stereocenters. The van der Waals surface area contributed by atoms with Gasteiger partial charge in [-0.15, -0.1) is 0 Å². The first kappa shape index (κ1) is 12.6. The van der Waals surface area contributed by atoms with Gasteiger partial charge >= 0.3 is 0 Å². The van der Waals surface area contributed by atoms with Gasteiger partial charge in [0.1, 0.15) is 0 Å². The van der Waals surface area contributed by atoms with Crippen LogP contribution in [0.3, 0.4) is 0 Å². The van der Waals surface area contributed by atoms with Crippen LogP contribution in [0.4, 0.5) is 0 Å². The third-order valence-electron chi connectivity index (χ3n) is 2.67. The van der Waals surface area contributed by atoms with Gasteiger partial charge in [-0.1, -0.05) is 35.0 Å². The van der Waals surface area contributed by atoms with E-state index in [-0.39, 0.29) is 0 Å². The fourth-order valence-electron chi connectivity index (χ4n) is 1.69. The third-order valence-corrected chi connectivity index (χ3v) is 3.02. The number of aromatic nitrogens is 3. The number of halogens is 1. The molecule has 5 heteroatoms. The second-order valence-corrected chi connectivity index (χ2v) is 4.46. The summed E-state index contributed by atoms with van der Waals surface area (Å²) in [6.07, 6.45) is 6.95. The highest BCUT2D eigenvalue weighted by molar-refractivity contribution is 6.32. The van der Waals surface area contributed by atoms with Crippen molar-refractivity contribution in [3.8, 4) is 11.4 Å². The van der Waals surface area contributed by atoms with Crippen LogP contribution in [0.1, 0.15) is 11.5 Å². The Morgan fingerprint density at radius 1 is 1.05 bits per heavy atom. The van der Waals surface area contributed by atoms with Gasteiger partial charge in [0, 0.05) is 29.1 Å². The van der Waals surface area contributed by atoms with Crippen molar-refractivity contribution in [2.75, 3.05) is 0 Å². The smallest absolute Gasteiger partial charge is 0.250 e. The third kappa shape index (κ3) is 2.75. The first-order valence-electron chi connectivity index (χ1n) is 5.99. The van der Waals surface area contributed by atoms with Gasteiger partial charge in [0.25, 0.3) is 5.89 Å². The Balaban J connectivity index is 1.83. The number of nitrogens with zero attached hydrogens (tertiary/aromatic N) is 3. The standard InChI is InChI=1S/C15H10ClN3O/c16-13-6-2-1-4-11(13)7-8-14-18-15(19-20-14)12-5-3-9-17-10-12/h1-10H/b8-7+. The fraction of sp³-hybridized carbons (Fsp3) is 0. The van der Waals surface area contributed by atoms with Gasteiger partial charge in [0.2, 0.25) is 5.82 Å². The topological polar surface area (TPSA) is 51.8 Å². The summed E-state index contributed by atoms with van der Waals surface area (Å²) < 4.78 is 5.16. The summed E-state index contributed by atoms with van der Waals surface area (Å²) in [6.45, 7) is 0. The fourth-order valence-corrected chi connectivity index (χ4v) is 1.89. The molecule has 0 spiro atoms. The van der Waals surface area contributed by atoms with Crippen LogP contribution in [0.15, 0.2) is 53.3 Å². The average molecular weight is 284 g/mol. The molecule has 3 rings (SSSR count). The molecule has 98 valence electrons. The van der Waals surface area contributed by atoms with E-state index in [0.29, 0.717) is 16.7 Å². The second kappa shape index (κ2) is 5.67. The van der Waals surface area contributed by atoms with Crippen molar-refractivity contribution in [1.29, 1.82) is 0 Å². The minimum atomic E-state index is 0.420. The normalized spacial score (nSPS) is 11.1. The Morgan fingerprint density at radius 3 is 2.75 bits per heavy atom. The summed E-state index contributed by atoms with van der Waals surface area (Å²) in [5, 5.41) is 4.59. The first-order valence-corrected chi connectivity index (χ1v) is 6.37. The number of rotatable bonds is 3. The predicted octanol–water partition coefficient (Wildman–Crippen LogP) is 3.96. The molecule has 4 nitrogen and oxygen atoms in total. The van der Waals surface area contributed by atoms with Gasteiger partial charge < -0.3 is 4.52 Å². The van der Waals surface area contributed by atoms with E-state index in [1.165, 1.54) is 0 Å². The molecule has 0 radical (unpaired) electrons. The quantitative estimate of drug-likeness (QED) is 0.730. The van der Waals surface area contributed by atoms with Crippen molar-refractivity contribution in [3.05, 3.63) is 65.3 Å². The maximum Gasteiger partial charge on any atom is 0.250 e.